The van der Waals surface area contributed by atoms with E-state index in [-0.39, 0.29) is 5.25 Å². The number of rotatable bonds is 3. The van der Waals surface area contributed by atoms with Crippen LogP contribution in [-0.2, 0) is 4.79 Å². The molecule has 2 heterocycles. The molecule has 22 heavy (non-hydrogen) atoms. The van der Waals surface area contributed by atoms with Crippen LogP contribution >= 0.6 is 46.7 Å². The topological polar surface area (TPSA) is 60.9 Å². The number of aromatic nitrogens is 2. The highest BCUT2D eigenvalue weighted by Gasteiger charge is 2.29. The highest BCUT2D eigenvalue weighted by atomic mass is 35.5. The highest BCUT2D eigenvalue weighted by Crippen LogP contribution is 2.53. The first-order chi connectivity index (χ1) is 10.6. The lowest BCUT2D eigenvalue weighted by atomic mass is 10.2. The van der Waals surface area contributed by atoms with Gasteiger partial charge in [0.05, 0.1) is 10.6 Å². The number of hydrogen-bond acceptors (Lipinski definition) is 4. The maximum absolute atomic E-state index is 11.8. The minimum Gasteiger partial charge on any atom is -0.364 e. The smallest absolute Gasteiger partial charge is 0.267 e. The van der Waals surface area contributed by atoms with Gasteiger partial charge in [-0.15, -0.1) is 23.5 Å². The molecule has 1 amide bonds. The third-order valence-corrected chi connectivity index (χ3v) is 6.60. The summed E-state index contributed by atoms with van der Waals surface area (Å²) in [4.78, 5) is 15.7. The third kappa shape index (κ3) is 3.15. The van der Waals surface area contributed by atoms with Gasteiger partial charge in [0.2, 0.25) is 0 Å². The number of primary amides is 1. The van der Waals surface area contributed by atoms with Gasteiger partial charge in [-0.2, -0.15) is 0 Å². The first kappa shape index (κ1) is 15.8. The highest BCUT2D eigenvalue weighted by molar-refractivity contribution is 8.25. The van der Waals surface area contributed by atoms with Gasteiger partial charge in [0.15, 0.2) is 0 Å². The van der Waals surface area contributed by atoms with E-state index in [0.29, 0.717) is 15.7 Å². The number of carbonyl (C=O) groups is 1. The normalized spacial score (nSPS) is 20.2. The summed E-state index contributed by atoms with van der Waals surface area (Å²) < 4.78 is 2.52. The van der Waals surface area contributed by atoms with E-state index < -0.39 is 5.91 Å². The van der Waals surface area contributed by atoms with Crippen LogP contribution in [0.4, 0.5) is 0 Å². The SMILES string of the molecule is NC(=O)/C(=C1/SC[C@H](c2ccc(Cl)cc2Cl)S1)n1ccnc1. The fraction of sp³-hybridized carbons (Fsp3) is 0.143. The number of imidazole rings is 1. The Morgan fingerprint density at radius 1 is 1.41 bits per heavy atom. The Kier molecular flexibility index (Phi) is 4.73. The molecule has 1 fully saturated rings. The number of benzene rings is 1. The Hall–Kier alpha value is -1.08. The van der Waals surface area contributed by atoms with Gasteiger partial charge in [0.1, 0.15) is 5.70 Å². The Balaban J connectivity index is 1.93. The average Bonchev–Trinajstić information content (AvgIpc) is 3.11. The Morgan fingerprint density at radius 3 is 2.86 bits per heavy atom. The lowest BCUT2D eigenvalue weighted by Gasteiger charge is -2.11. The van der Waals surface area contributed by atoms with Gasteiger partial charge in [-0.05, 0) is 17.7 Å². The van der Waals surface area contributed by atoms with Crippen LogP contribution in [0.25, 0.3) is 5.70 Å². The molecule has 1 aliphatic rings. The zero-order chi connectivity index (χ0) is 15.7. The van der Waals surface area contributed by atoms with Crippen molar-refractivity contribution in [3.63, 3.8) is 0 Å². The molecule has 0 unspecified atom stereocenters. The molecule has 0 spiro atoms. The van der Waals surface area contributed by atoms with Crippen LogP contribution in [0.3, 0.4) is 0 Å². The summed E-state index contributed by atoms with van der Waals surface area (Å²) in [5, 5.41) is 1.40. The molecule has 0 radical (unpaired) electrons. The van der Waals surface area contributed by atoms with Crippen LogP contribution in [0.15, 0.2) is 41.2 Å². The van der Waals surface area contributed by atoms with Crippen molar-refractivity contribution in [3.05, 3.63) is 56.8 Å². The molecular formula is C14H11Cl2N3OS2. The molecule has 3 rings (SSSR count). The third-order valence-electron chi connectivity index (χ3n) is 3.11. The monoisotopic (exact) mass is 371 g/mol. The number of nitrogens with zero attached hydrogens (tertiary/aromatic N) is 2. The van der Waals surface area contributed by atoms with Crippen molar-refractivity contribution < 1.29 is 4.79 Å². The largest absolute Gasteiger partial charge is 0.364 e. The number of hydrogen-bond donors (Lipinski definition) is 1. The van der Waals surface area contributed by atoms with Gasteiger partial charge in [-0.25, -0.2) is 4.98 Å². The maximum atomic E-state index is 11.8. The van der Waals surface area contributed by atoms with Crippen molar-refractivity contribution in [1.82, 2.24) is 9.55 Å². The predicted molar refractivity (Wildman–Crippen MR) is 93.9 cm³/mol. The standard InChI is InChI=1S/C14H11Cl2N3OS2/c15-8-1-2-9(10(16)5-8)11-6-21-14(22-11)12(13(17)20)19-4-3-18-7-19/h1-5,7,11H,6H2,(H2,17,20)/b14-12+/t11-/m1/s1. The molecule has 1 saturated heterocycles. The van der Waals surface area contributed by atoms with E-state index in [9.17, 15) is 4.79 Å². The van der Waals surface area contributed by atoms with Crippen molar-refractivity contribution in [2.45, 2.75) is 5.25 Å². The van der Waals surface area contributed by atoms with Gasteiger partial charge in [-0.1, -0.05) is 29.3 Å². The van der Waals surface area contributed by atoms with Crippen molar-refractivity contribution in [2.24, 2.45) is 5.73 Å². The van der Waals surface area contributed by atoms with E-state index in [4.69, 9.17) is 28.9 Å². The summed E-state index contributed by atoms with van der Waals surface area (Å²) in [6.45, 7) is 0. The summed E-state index contributed by atoms with van der Waals surface area (Å²) in [5.74, 6) is 0.336. The fourth-order valence-corrected chi connectivity index (χ4v) is 5.75. The van der Waals surface area contributed by atoms with Crippen LogP contribution in [0.2, 0.25) is 10.0 Å². The van der Waals surface area contributed by atoms with E-state index in [1.54, 1.807) is 52.9 Å². The van der Waals surface area contributed by atoms with Gasteiger partial charge in [0, 0.05) is 33.4 Å². The molecule has 1 aliphatic heterocycles. The molecule has 0 aliphatic carbocycles. The molecule has 0 saturated carbocycles. The minimum atomic E-state index is -0.476. The van der Waals surface area contributed by atoms with Crippen LogP contribution in [-0.4, -0.2) is 21.2 Å². The lowest BCUT2D eigenvalue weighted by molar-refractivity contribution is -0.113. The van der Waals surface area contributed by atoms with Crippen molar-refractivity contribution in [1.29, 1.82) is 0 Å². The Morgan fingerprint density at radius 2 is 2.23 bits per heavy atom. The first-order valence-electron chi connectivity index (χ1n) is 6.33. The van der Waals surface area contributed by atoms with E-state index in [1.807, 2.05) is 12.1 Å². The molecule has 4 nitrogen and oxygen atoms in total. The second kappa shape index (κ2) is 6.58. The van der Waals surface area contributed by atoms with Gasteiger partial charge in [0.25, 0.3) is 5.91 Å². The molecule has 1 aromatic heterocycles. The maximum Gasteiger partial charge on any atom is 0.267 e. The number of amides is 1. The lowest BCUT2D eigenvalue weighted by Crippen LogP contribution is -2.17. The second-order valence-corrected chi connectivity index (χ2v) is 7.90. The molecule has 2 aromatic rings. The summed E-state index contributed by atoms with van der Waals surface area (Å²) in [6, 6.07) is 5.48. The van der Waals surface area contributed by atoms with Crippen molar-refractivity contribution >= 4 is 58.3 Å². The van der Waals surface area contributed by atoms with Crippen LogP contribution < -0.4 is 5.73 Å². The Labute approximate surface area is 146 Å². The van der Waals surface area contributed by atoms with Gasteiger partial charge in [-0.3, -0.25) is 9.36 Å². The van der Waals surface area contributed by atoms with Crippen LogP contribution in [0.5, 0.6) is 0 Å². The van der Waals surface area contributed by atoms with E-state index in [2.05, 4.69) is 4.98 Å². The minimum absolute atomic E-state index is 0.155. The molecule has 1 aromatic carbocycles. The zero-order valence-electron chi connectivity index (χ0n) is 11.2. The zero-order valence-corrected chi connectivity index (χ0v) is 14.3. The summed E-state index contributed by atoms with van der Waals surface area (Å²) >= 11 is 15.4. The van der Waals surface area contributed by atoms with E-state index >= 15 is 0 Å². The molecule has 2 N–H and O–H groups in total. The van der Waals surface area contributed by atoms with Gasteiger partial charge >= 0.3 is 0 Å². The summed E-state index contributed by atoms with van der Waals surface area (Å²) in [7, 11) is 0. The average molecular weight is 372 g/mol. The van der Waals surface area contributed by atoms with Gasteiger partial charge < -0.3 is 5.73 Å². The molecule has 0 bridgehead atoms. The fourth-order valence-electron chi connectivity index (χ4n) is 2.11. The molecular weight excluding hydrogens is 361 g/mol. The molecule has 114 valence electrons. The van der Waals surface area contributed by atoms with E-state index in [1.165, 1.54) is 0 Å². The van der Waals surface area contributed by atoms with Crippen LogP contribution in [0, 0.1) is 0 Å². The quantitative estimate of drug-likeness (QED) is 0.827. The van der Waals surface area contributed by atoms with Crippen molar-refractivity contribution in [2.75, 3.05) is 5.75 Å². The predicted octanol–water partition coefficient (Wildman–Crippen LogP) is 4.02. The van der Waals surface area contributed by atoms with E-state index in [0.717, 1.165) is 15.6 Å². The Bertz CT molecular complexity index is 747. The summed E-state index contributed by atoms with van der Waals surface area (Å²) in [6.07, 6.45) is 4.88. The summed E-state index contributed by atoms with van der Waals surface area (Å²) in [5.41, 5.74) is 6.98. The molecule has 1 atom stereocenters. The second-order valence-electron chi connectivity index (χ2n) is 4.55. The number of halogens is 2. The molecule has 8 heteroatoms. The number of carbonyl (C=O) groups excluding carboxylic acids is 1. The van der Waals surface area contributed by atoms with Crippen LogP contribution in [0.1, 0.15) is 10.8 Å². The number of nitrogens with two attached hydrogens (primary N) is 1. The number of thioether (sulfide) groups is 2. The first-order valence-corrected chi connectivity index (χ1v) is 8.95. The van der Waals surface area contributed by atoms with Crippen molar-refractivity contribution in [3.8, 4) is 0 Å².